The number of nitrogens with one attached hydrogen (secondary N) is 1. The molecule has 0 radical (unpaired) electrons. The Hall–Kier alpha value is -4.13. The van der Waals surface area contributed by atoms with Crippen LogP contribution >= 0.6 is 0 Å². The van der Waals surface area contributed by atoms with Crippen molar-refractivity contribution < 1.29 is 19.8 Å². The zero-order valence-corrected chi connectivity index (χ0v) is 16.8. The molecule has 31 heavy (non-hydrogen) atoms. The number of rotatable bonds is 6. The number of hydrogen-bond donors (Lipinski definition) is 3. The molecule has 0 aliphatic carbocycles. The minimum atomic E-state index is -0.921. The number of amides is 1. The van der Waals surface area contributed by atoms with Crippen LogP contribution in [-0.4, -0.2) is 31.6 Å². The summed E-state index contributed by atoms with van der Waals surface area (Å²) in [5.41, 5.74) is 3.54. The molecule has 1 amide bonds. The number of phenols is 1. The molecule has 0 fully saturated rings. The maximum absolute atomic E-state index is 12.7. The van der Waals surface area contributed by atoms with E-state index in [-0.39, 0.29) is 17.7 Å². The molecule has 4 aromatic rings. The summed E-state index contributed by atoms with van der Waals surface area (Å²) in [4.78, 5) is 28.6. The van der Waals surface area contributed by atoms with Crippen LogP contribution in [0.1, 0.15) is 33.9 Å². The van der Waals surface area contributed by atoms with Gasteiger partial charge in [0.05, 0.1) is 35.4 Å². The quantitative estimate of drug-likeness (QED) is 0.434. The molecule has 1 unspecified atom stereocenters. The van der Waals surface area contributed by atoms with Gasteiger partial charge in [-0.1, -0.05) is 42.5 Å². The van der Waals surface area contributed by atoms with Crippen molar-refractivity contribution in [1.29, 1.82) is 0 Å². The van der Waals surface area contributed by atoms with E-state index in [0.29, 0.717) is 22.3 Å². The second kappa shape index (κ2) is 8.31. The van der Waals surface area contributed by atoms with E-state index in [1.54, 1.807) is 54.2 Å². The molecule has 1 heterocycles. The summed E-state index contributed by atoms with van der Waals surface area (Å²) < 4.78 is 1.80. The Kier molecular flexibility index (Phi) is 5.41. The predicted octanol–water partition coefficient (Wildman–Crippen LogP) is 4.37. The number of carboxylic acids is 1. The third kappa shape index (κ3) is 4.11. The summed E-state index contributed by atoms with van der Waals surface area (Å²) in [5.74, 6) is -1.41. The Labute approximate surface area is 178 Å². The number of phenolic OH excluding ortho intramolecular Hbond substituents is 1. The Morgan fingerprint density at radius 1 is 1.06 bits per heavy atom. The van der Waals surface area contributed by atoms with Crippen LogP contribution in [0.3, 0.4) is 0 Å². The van der Waals surface area contributed by atoms with Gasteiger partial charge in [-0.15, -0.1) is 0 Å². The average Bonchev–Trinajstić information content (AvgIpc) is 3.17. The molecule has 7 heteroatoms. The van der Waals surface area contributed by atoms with E-state index >= 15 is 0 Å². The minimum absolute atomic E-state index is 0.0586. The van der Waals surface area contributed by atoms with Crippen LogP contribution in [0.15, 0.2) is 73.1 Å². The number of fused-ring (bicyclic) bond motifs is 1. The average molecular weight is 415 g/mol. The minimum Gasteiger partial charge on any atom is -0.507 e. The number of carbonyl (C=O) groups is 2. The van der Waals surface area contributed by atoms with Gasteiger partial charge in [0.25, 0.3) is 5.91 Å². The van der Waals surface area contributed by atoms with Crippen LogP contribution in [-0.2, 0) is 4.79 Å². The van der Waals surface area contributed by atoms with Crippen molar-refractivity contribution >= 4 is 28.6 Å². The molecule has 7 nitrogen and oxygen atoms in total. The normalized spacial score (nSPS) is 11.9. The Bertz CT molecular complexity index is 1260. The molecule has 0 saturated heterocycles. The molecule has 1 aromatic heterocycles. The van der Waals surface area contributed by atoms with Crippen molar-refractivity contribution in [2.75, 3.05) is 5.32 Å². The second-order valence-corrected chi connectivity index (χ2v) is 7.30. The maximum atomic E-state index is 12.7. The summed E-state index contributed by atoms with van der Waals surface area (Å²) >= 11 is 0. The number of aromatic nitrogens is 2. The van der Waals surface area contributed by atoms with Crippen molar-refractivity contribution in [2.45, 2.75) is 19.4 Å². The van der Waals surface area contributed by atoms with Gasteiger partial charge in [-0.05, 0) is 42.3 Å². The maximum Gasteiger partial charge on any atom is 0.305 e. The first-order chi connectivity index (χ1) is 14.9. The van der Waals surface area contributed by atoms with Crippen LogP contribution < -0.4 is 5.32 Å². The van der Waals surface area contributed by atoms with E-state index in [9.17, 15) is 19.8 Å². The van der Waals surface area contributed by atoms with Crippen LogP contribution in [0.5, 0.6) is 5.75 Å². The molecule has 1 atom stereocenters. The van der Waals surface area contributed by atoms with Crippen molar-refractivity contribution in [3.8, 4) is 5.75 Å². The van der Waals surface area contributed by atoms with Gasteiger partial charge in [0, 0.05) is 5.69 Å². The molecule has 0 aliphatic rings. The number of para-hydroxylation sites is 1. The highest BCUT2D eigenvalue weighted by atomic mass is 16.4. The number of hydrogen-bond acceptors (Lipinski definition) is 4. The number of nitrogens with zero attached hydrogens (tertiary/aromatic N) is 2. The highest BCUT2D eigenvalue weighted by Crippen LogP contribution is 2.29. The van der Waals surface area contributed by atoms with Crippen molar-refractivity contribution in [1.82, 2.24) is 9.55 Å². The fourth-order valence-electron chi connectivity index (χ4n) is 3.61. The lowest BCUT2D eigenvalue weighted by molar-refractivity contribution is -0.137. The van der Waals surface area contributed by atoms with E-state index in [1.807, 2.05) is 30.3 Å². The lowest BCUT2D eigenvalue weighted by Crippen LogP contribution is -2.15. The van der Waals surface area contributed by atoms with Gasteiger partial charge < -0.3 is 20.1 Å². The topological polar surface area (TPSA) is 104 Å². The van der Waals surface area contributed by atoms with E-state index < -0.39 is 17.9 Å². The first kappa shape index (κ1) is 20.2. The van der Waals surface area contributed by atoms with Crippen molar-refractivity contribution in [3.63, 3.8) is 0 Å². The van der Waals surface area contributed by atoms with E-state index in [0.717, 1.165) is 5.56 Å². The Balaban J connectivity index is 1.71. The summed E-state index contributed by atoms with van der Waals surface area (Å²) in [6.45, 7) is 1.73. The number of aryl methyl sites for hydroxylation is 1. The van der Waals surface area contributed by atoms with Gasteiger partial charge in [-0.25, -0.2) is 4.98 Å². The molecule has 0 aliphatic heterocycles. The summed E-state index contributed by atoms with van der Waals surface area (Å²) in [6.07, 6.45) is 1.51. The van der Waals surface area contributed by atoms with E-state index in [4.69, 9.17) is 0 Å². The Morgan fingerprint density at radius 2 is 1.84 bits per heavy atom. The van der Waals surface area contributed by atoms with Crippen molar-refractivity contribution in [2.24, 2.45) is 0 Å². The molecular weight excluding hydrogens is 394 g/mol. The summed E-state index contributed by atoms with van der Waals surface area (Å²) in [6, 6.07) is 19.1. The van der Waals surface area contributed by atoms with Gasteiger partial charge in [0.2, 0.25) is 0 Å². The smallest absolute Gasteiger partial charge is 0.305 e. The zero-order valence-electron chi connectivity index (χ0n) is 16.8. The monoisotopic (exact) mass is 415 g/mol. The first-order valence-corrected chi connectivity index (χ1v) is 9.77. The molecule has 0 bridgehead atoms. The van der Waals surface area contributed by atoms with Gasteiger partial charge in [-0.3, -0.25) is 9.59 Å². The number of imidazole rings is 1. The van der Waals surface area contributed by atoms with Crippen LogP contribution in [0, 0.1) is 6.92 Å². The molecular formula is C24H21N3O4. The van der Waals surface area contributed by atoms with Crippen LogP contribution in [0.4, 0.5) is 5.69 Å². The third-order valence-corrected chi connectivity index (χ3v) is 5.20. The molecule has 4 rings (SSSR count). The second-order valence-electron chi connectivity index (χ2n) is 7.30. The standard InChI is InChI=1S/C24H21N3O4/c1-15-6-5-9-18(23(15)30)24(31)26-17-10-11-19-21(12-17)27(14-25-19)20(13-22(28)29)16-7-3-2-4-8-16/h2-12,14,20,30H,13H2,1H3,(H,26,31)(H,28,29). The number of aromatic hydroxyl groups is 1. The lowest BCUT2D eigenvalue weighted by atomic mass is 10.0. The number of carbonyl (C=O) groups excluding carboxylic acids is 1. The van der Waals surface area contributed by atoms with Crippen molar-refractivity contribution in [3.05, 3.63) is 89.7 Å². The molecule has 156 valence electrons. The first-order valence-electron chi connectivity index (χ1n) is 9.77. The largest absolute Gasteiger partial charge is 0.507 e. The number of aliphatic carboxylic acids is 1. The fraction of sp³-hybridized carbons (Fsp3) is 0.125. The lowest BCUT2D eigenvalue weighted by Gasteiger charge is -2.18. The summed E-state index contributed by atoms with van der Waals surface area (Å²) in [7, 11) is 0. The predicted molar refractivity (Wildman–Crippen MR) is 117 cm³/mol. The van der Waals surface area contributed by atoms with Gasteiger partial charge >= 0.3 is 5.97 Å². The molecule has 3 N–H and O–H groups in total. The SMILES string of the molecule is Cc1cccc(C(=O)Nc2ccc3ncn(C(CC(=O)O)c4ccccc4)c3c2)c1O. The molecule has 0 spiro atoms. The van der Waals surface area contributed by atoms with Crippen LogP contribution in [0.2, 0.25) is 0 Å². The fourth-order valence-corrected chi connectivity index (χ4v) is 3.61. The molecule has 3 aromatic carbocycles. The van der Waals surface area contributed by atoms with E-state index in [2.05, 4.69) is 10.3 Å². The third-order valence-electron chi connectivity index (χ3n) is 5.20. The van der Waals surface area contributed by atoms with E-state index in [1.165, 1.54) is 0 Å². The number of anilines is 1. The highest BCUT2D eigenvalue weighted by molar-refractivity contribution is 6.07. The Morgan fingerprint density at radius 3 is 2.58 bits per heavy atom. The molecule has 0 saturated carbocycles. The van der Waals surface area contributed by atoms with Gasteiger partial charge in [0.1, 0.15) is 5.75 Å². The van der Waals surface area contributed by atoms with Crippen LogP contribution in [0.25, 0.3) is 11.0 Å². The highest BCUT2D eigenvalue weighted by Gasteiger charge is 2.20. The van der Waals surface area contributed by atoms with Gasteiger partial charge in [-0.2, -0.15) is 0 Å². The zero-order chi connectivity index (χ0) is 22.0. The number of benzene rings is 3. The van der Waals surface area contributed by atoms with Gasteiger partial charge in [0.15, 0.2) is 0 Å². The summed E-state index contributed by atoms with van der Waals surface area (Å²) in [5, 5.41) is 22.4. The number of carboxylic acid groups (broad SMARTS) is 1.